The van der Waals surface area contributed by atoms with Crippen LogP contribution in [0.15, 0.2) is 46.0 Å². The summed E-state index contributed by atoms with van der Waals surface area (Å²) >= 11 is 1.64. The Bertz CT molecular complexity index is 1670. The molecule has 232 valence electrons. The van der Waals surface area contributed by atoms with Gasteiger partial charge in [0.25, 0.3) is 0 Å². The number of ether oxygens (including phenoxy) is 1. The molecule has 2 amide bonds. The number of aromatic nitrogens is 3. The van der Waals surface area contributed by atoms with Gasteiger partial charge in [-0.3, -0.25) is 19.5 Å². The third-order valence-corrected chi connectivity index (χ3v) is 9.71. The molecule has 0 spiro atoms. The van der Waals surface area contributed by atoms with Gasteiger partial charge in [-0.1, -0.05) is 49.4 Å². The number of nitrogens with zero attached hydrogens (tertiary/aromatic N) is 6. The zero-order chi connectivity index (χ0) is 30.5. The summed E-state index contributed by atoms with van der Waals surface area (Å²) in [7, 11) is 0. The number of aliphatic imine (C=N–C) groups is 1. The van der Waals surface area contributed by atoms with Gasteiger partial charge >= 0.3 is 6.03 Å². The molecule has 0 saturated carbocycles. The van der Waals surface area contributed by atoms with Crippen LogP contribution < -0.4 is 16.0 Å². The molecule has 6 heterocycles. The first kappa shape index (κ1) is 29.0. The van der Waals surface area contributed by atoms with Crippen molar-refractivity contribution in [2.45, 2.75) is 57.8 Å². The lowest BCUT2D eigenvalue weighted by Crippen LogP contribution is -2.57. The van der Waals surface area contributed by atoms with Gasteiger partial charge in [0.15, 0.2) is 16.6 Å². The van der Waals surface area contributed by atoms with E-state index in [1.54, 1.807) is 17.4 Å². The number of imidazole rings is 1. The summed E-state index contributed by atoms with van der Waals surface area (Å²) < 4.78 is 13.0. The van der Waals surface area contributed by atoms with E-state index < -0.39 is 5.79 Å². The highest BCUT2D eigenvalue weighted by atomic mass is 32.1. The second-order valence-electron chi connectivity index (χ2n) is 12.8. The van der Waals surface area contributed by atoms with Crippen molar-refractivity contribution in [2.24, 2.45) is 4.99 Å². The van der Waals surface area contributed by atoms with E-state index in [9.17, 15) is 4.79 Å². The van der Waals surface area contributed by atoms with Crippen molar-refractivity contribution in [3.63, 3.8) is 0 Å². The number of thiazole rings is 1. The number of nitrogens with one attached hydrogen (secondary N) is 3. The number of fused-ring (bicyclic) bond motifs is 3. The van der Waals surface area contributed by atoms with Crippen LogP contribution in [0, 0.1) is 0 Å². The Morgan fingerprint density at radius 1 is 1.09 bits per heavy atom. The molecule has 1 unspecified atom stereocenters. The van der Waals surface area contributed by atoms with Crippen LogP contribution in [0.3, 0.4) is 0 Å². The number of piperidine rings is 1. The number of carbonyl (C=O) groups is 1. The van der Waals surface area contributed by atoms with Crippen LogP contribution >= 0.6 is 11.3 Å². The van der Waals surface area contributed by atoms with Crippen molar-refractivity contribution in [2.75, 3.05) is 55.3 Å². The summed E-state index contributed by atoms with van der Waals surface area (Å²) in [6, 6.07) is 9.60. The molecule has 2 fully saturated rings. The van der Waals surface area contributed by atoms with E-state index in [2.05, 4.69) is 42.2 Å². The van der Waals surface area contributed by atoms with Crippen LogP contribution in [0.2, 0.25) is 0 Å². The Labute approximate surface area is 260 Å². The molecule has 0 bridgehead atoms. The summed E-state index contributed by atoms with van der Waals surface area (Å²) in [4.78, 5) is 28.4. The number of anilines is 3. The number of carbonyl (C=O) groups excluding carboxylic acids is 1. The van der Waals surface area contributed by atoms with Crippen LogP contribution in [-0.4, -0.2) is 87.8 Å². The van der Waals surface area contributed by atoms with E-state index >= 15 is 0 Å². The predicted molar refractivity (Wildman–Crippen MR) is 173 cm³/mol. The van der Waals surface area contributed by atoms with Gasteiger partial charge in [-0.05, 0) is 31.9 Å². The lowest BCUT2D eigenvalue weighted by atomic mass is 9.93. The van der Waals surface area contributed by atoms with Gasteiger partial charge in [0, 0.05) is 61.1 Å². The molecule has 44 heavy (non-hydrogen) atoms. The summed E-state index contributed by atoms with van der Waals surface area (Å²) in [5.74, 6) is 0.609. The van der Waals surface area contributed by atoms with Crippen molar-refractivity contribution < 1.29 is 14.1 Å². The Morgan fingerprint density at radius 3 is 2.55 bits per heavy atom. The minimum atomic E-state index is -0.466. The Balaban J connectivity index is 0.982. The van der Waals surface area contributed by atoms with Gasteiger partial charge in [0.2, 0.25) is 0 Å². The fraction of sp³-hybridized carbons (Fsp3) is 0.484. The second-order valence-corrected chi connectivity index (χ2v) is 13.8. The van der Waals surface area contributed by atoms with E-state index in [1.165, 1.54) is 0 Å². The number of benzene rings is 1. The predicted octanol–water partition coefficient (Wildman–Crippen LogP) is 5.31. The molecule has 0 radical (unpaired) electrons. The number of urea groups is 1. The number of amides is 2. The molecule has 3 aromatic heterocycles. The quantitative estimate of drug-likeness (QED) is 0.275. The standard InChI is InChI=1S/C31H39N9O3S/c1-30(2,3)25-17-26(37-43-25)35-28(41)33-21-7-5-20(6-8-21)23-19-40-24-18-32-31(4,36-27(24)44-29(40)34-23)39-11-9-22(10-12-39)38-13-15-42-16-14-38/h5-8,17-19,22,36H,9-16H2,1-4H3,(H2,33,35,37,41). The minimum Gasteiger partial charge on any atom is -0.379 e. The summed E-state index contributed by atoms with van der Waals surface area (Å²) in [6.45, 7) is 14.0. The normalized spacial score (nSPS) is 21.7. The first-order valence-corrected chi connectivity index (χ1v) is 16.0. The van der Waals surface area contributed by atoms with Crippen molar-refractivity contribution in [3.8, 4) is 11.3 Å². The van der Waals surface area contributed by atoms with E-state index in [0.717, 1.165) is 79.1 Å². The first-order chi connectivity index (χ1) is 21.1. The van der Waals surface area contributed by atoms with Gasteiger partial charge in [-0.2, -0.15) is 0 Å². The molecule has 1 atom stereocenters. The van der Waals surface area contributed by atoms with Crippen molar-refractivity contribution in [1.82, 2.24) is 24.3 Å². The van der Waals surface area contributed by atoms with Crippen LogP contribution in [0.5, 0.6) is 0 Å². The van der Waals surface area contributed by atoms with Crippen LogP contribution in [0.4, 0.5) is 21.3 Å². The number of rotatable bonds is 5. The highest BCUT2D eigenvalue weighted by Gasteiger charge is 2.38. The maximum atomic E-state index is 12.5. The summed E-state index contributed by atoms with van der Waals surface area (Å²) in [5, 5.41) is 14.3. The van der Waals surface area contributed by atoms with Crippen LogP contribution in [-0.2, 0) is 10.2 Å². The Hall–Kier alpha value is -3.78. The third kappa shape index (κ3) is 5.72. The molecule has 1 aromatic carbocycles. The number of hydrogen-bond acceptors (Lipinski definition) is 10. The molecule has 13 heteroatoms. The Kier molecular flexibility index (Phi) is 7.43. The zero-order valence-corrected chi connectivity index (χ0v) is 26.4. The topological polar surface area (TPSA) is 125 Å². The maximum Gasteiger partial charge on any atom is 0.324 e. The molecule has 2 saturated heterocycles. The first-order valence-electron chi connectivity index (χ1n) is 15.2. The fourth-order valence-corrected chi connectivity index (χ4v) is 7.18. The largest absolute Gasteiger partial charge is 0.379 e. The Morgan fingerprint density at radius 2 is 1.84 bits per heavy atom. The van der Waals surface area contributed by atoms with Crippen molar-refractivity contribution in [1.29, 1.82) is 0 Å². The van der Waals surface area contributed by atoms with E-state index in [-0.39, 0.29) is 11.4 Å². The summed E-state index contributed by atoms with van der Waals surface area (Å²) in [5.41, 5.74) is 3.31. The van der Waals surface area contributed by atoms with Gasteiger partial charge in [0.05, 0.1) is 30.8 Å². The van der Waals surface area contributed by atoms with Crippen molar-refractivity contribution >= 4 is 45.0 Å². The van der Waals surface area contributed by atoms with Gasteiger partial charge in [-0.15, -0.1) is 0 Å². The van der Waals surface area contributed by atoms with Crippen molar-refractivity contribution in [3.05, 3.63) is 48.0 Å². The molecule has 0 aliphatic carbocycles. The molecule has 3 aliphatic heterocycles. The molecule has 3 N–H and O–H groups in total. The molecule has 12 nitrogen and oxygen atoms in total. The highest BCUT2D eigenvalue weighted by Crippen LogP contribution is 2.37. The van der Waals surface area contributed by atoms with E-state index in [4.69, 9.17) is 19.2 Å². The third-order valence-electron chi connectivity index (χ3n) is 8.72. The lowest BCUT2D eigenvalue weighted by molar-refractivity contribution is -0.00893. The van der Waals surface area contributed by atoms with E-state index in [1.807, 2.05) is 57.4 Å². The van der Waals surface area contributed by atoms with Gasteiger partial charge < -0.3 is 19.9 Å². The average Bonchev–Trinajstić information content (AvgIpc) is 3.73. The fourth-order valence-electron chi connectivity index (χ4n) is 6.10. The van der Waals surface area contributed by atoms with Crippen LogP contribution in [0.25, 0.3) is 16.2 Å². The van der Waals surface area contributed by atoms with Gasteiger partial charge in [-0.25, -0.2) is 14.8 Å². The second kappa shape index (κ2) is 11.3. The lowest BCUT2D eigenvalue weighted by Gasteiger charge is -2.46. The van der Waals surface area contributed by atoms with E-state index in [0.29, 0.717) is 23.3 Å². The summed E-state index contributed by atoms with van der Waals surface area (Å²) in [6.07, 6.45) is 6.33. The maximum absolute atomic E-state index is 12.5. The monoisotopic (exact) mass is 617 g/mol. The van der Waals surface area contributed by atoms with Gasteiger partial charge in [0.1, 0.15) is 10.8 Å². The highest BCUT2D eigenvalue weighted by molar-refractivity contribution is 7.21. The average molecular weight is 618 g/mol. The number of likely N-dealkylation sites (tertiary alicyclic amines) is 1. The van der Waals surface area contributed by atoms with Crippen LogP contribution in [0.1, 0.15) is 52.0 Å². The SMILES string of the molecule is CC(C)(C)c1cc(NC(=O)Nc2ccc(-c3cn4c5c(sc4n3)NC(C)(N3CCC(N4CCOCC4)CC3)N=C5)cc2)no1. The number of hydrogen-bond donors (Lipinski definition) is 3. The molecule has 3 aliphatic rings. The number of morpholine rings is 1. The molecule has 7 rings (SSSR count). The minimum absolute atomic E-state index is 0.189. The molecule has 4 aromatic rings. The molecular weight excluding hydrogens is 578 g/mol. The smallest absolute Gasteiger partial charge is 0.324 e. The zero-order valence-electron chi connectivity index (χ0n) is 25.6. The molecular formula is C31H39N9O3S.